The largest absolute Gasteiger partial charge is 0.475 e. The number of hydrogen-bond donors (Lipinski definition) is 2. The van der Waals surface area contributed by atoms with Crippen molar-refractivity contribution in [1.29, 1.82) is 0 Å². The van der Waals surface area contributed by atoms with Gasteiger partial charge in [0.25, 0.3) is 0 Å². The molecule has 0 fully saturated rings. The molecule has 0 bridgehead atoms. The quantitative estimate of drug-likeness (QED) is 0.800. The molecule has 1 aromatic heterocycles. The van der Waals surface area contributed by atoms with E-state index in [2.05, 4.69) is 26.1 Å². The highest BCUT2D eigenvalue weighted by molar-refractivity contribution is 5.84. The molecule has 4 heteroatoms. The number of furan rings is 1. The molecule has 2 unspecified atom stereocenters. The van der Waals surface area contributed by atoms with E-state index in [0.29, 0.717) is 17.7 Å². The Bertz CT molecular complexity index is 370. The summed E-state index contributed by atoms with van der Waals surface area (Å²) in [6.45, 7) is 8.45. The number of rotatable bonds is 6. The predicted octanol–water partition coefficient (Wildman–Crippen LogP) is 3.06. The molecule has 0 saturated carbocycles. The molecular formula is C13H21NO3. The standard InChI is InChI=1S/C13H21NO3/c1-5-10(8(2)3)14-9(4)11-6-7-12(17-11)13(15)16/h6-10,14H,5H2,1-4H3,(H,15,16). The van der Waals surface area contributed by atoms with Gasteiger partial charge in [0, 0.05) is 6.04 Å². The van der Waals surface area contributed by atoms with Crippen LogP contribution in [0.25, 0.3) is 0 Å². The molecule has 1 aromatic rings. The van der Waals surface area contributed by atoms with Crippen molar-refractivity contribution in [3.8, 4) is 0 Å². The van der Waals surface area contributed by atoms with Gasteiger partial charge in [-0.05, 0) is 31.4 Å². The Balaban J connectivity index is 2.68. The van der Waals surface area contributed by atoms with Crippen LogP contribution in [0.4, 0.5) is 0 Å². The molecule has 0 radical (unpaired) electrons. The fourth-order valence-corrected chi connectivity index (χ4v) is 1.89. The number of hydrogen-bond acceptors (Lipinski definition) is 3. The lowest BCUT2D eigenvalue weighted by molar-refractivity contribution is 0.0659. The first-order valence-electron chi connectivity index (χ1n) is 6.04. The van der Waals surface area contributed by atoms with Gasteiger partial charge >= 0.3 is 5.97 Å². The molecule has 1 rings (SSSR count). The summed E-state index contributed by atoms with van der Waals surface area (Å²) in [6.07, 6.45) is 1.04. The lowest BCUT2D eigenvalue weighted by atomic mass is 10.0. The summed E-state index contributed by atoms with van der Waals surface area (Å²) >= 11 is 0. The minimum atomic E-state index is -1.03. The third-order valence-electron chi connectivity index (χ3n) is 2.97. The maximum atomic E-state index is 10.7. The maximum Gasteiger partial charge on any atom is 0.371 e. The topological polar surface area (TPSA) is 62.5 Å². The van der Waals surface area contributed by atoms with Gasteiger partial charge in [-0.25, -0.2) is 4.79 Å². The fraction of sp³-hybridized carbons (Fsp3) is 0.615. The Labute approximate surface area is 102 Å². The van der Waals surface area contributed by atoms with Crippen molar-refractivity contribution in [3.63, 3.8) is 0 Å². The summed E-state index contributed by atoms with van der Waals surface area (Å²) in [5.74, 6) is 0.170. The summed E-state index contributed by atoms with van der Waals surface area (Å²) in [6, 6.07) is 3.64. The average molecular weight is 239 g/mol. The van der Waals surface area contributed by atoms with Crippen LogP contribution in [0.15, 0.2) is 16.5 Å². The third kappa shape index (κ3) is 3.60. The highest BCUT2D eigenvalue weighted by atomic mass is 16.4. The molecule has 0 aliphatic rings. The number of nitrogens with one attached hydrogen (secondary N) is 1. The molecule has 0 aliphatic heterocycles. The van der Waals surface area contributed by atoms with E-state index in [1.165, 1.54) is 6.07 Å². The van der Waals surface area contributed by atoms with E-state index in [-0.39, 0.29) is 11.8 Å². The van der Waals surface area contributed by atoms with Gasteiger partial charge < -0.3 is 14.8 Å². The first-order valence-corrected chi connectivity index (χ1v) is 6.04. The summed E-state index contributed by atoms with van der Waals surface area (Å²) in [5.41, 5.74) is 0. The SMILES string of the molecule is CCC(NC(C)c1ccc(C(=O)O)o1)C(C)C. The fourth-order valence-electron chi connectivity index (χ4n) is 1.89. The summed E-state index contributed by atoms with van der Waals surface area (Å²) in [7, 11) is 0. The molecule has 0 aromatic carbocycles. The second-order valence-electron chi connectivity index (χ2n) is 4.65. The van der Waals surface area contributed by atoms with E-state index >= 15 is 0 Å². The normalized spacial score (nSPS) is 14.9. The first-order chi connectivity index (χ1) is 7.95. The van der Waals surface area contributed by atoms with Crippen LogP contribution < -0.4 is 5.32 Å². The number of carboxylic acid groups (broad SMARTS) is 1. The van der Waals surface area contributed by atoms with Crippen LogP contribution in [-0.2, 0) is 0 Å². The molecule has 4 nitrogen and oxygen atoms in total. The zero-order chi connectivity index (χ0) is 13.0. The first kappa shape index (κ1) is 13.8. The third-order valence-corrected chi connectivity index (χ3v) is 2.97. The second kappa shape index (κ2) is 5.87. The van der Waals surface area contributed by atoms with Gasteiger partial charge in [-0.2, -0.15) is 0 Å². The van der Waals surface area contributed by atoms with Crippen molar-refractivity contribution in [1.82, 2.24) is 5.32 Å². The van der Waals surface area contributed by atoms with Crippen molar-refractivity contribution in [3.05, 3.63) is 23.7 Å². The zero-order valence-corrected chi connectivity index (χ0v) is 10.9. The van der Waals surface area contributed by atoms with Crippen molar-refractivity contribution in [2.45, 2.75) is 46.2 Å². The minimum Gasteiger partial charge on any atom is -0.475 e. The highest BCUT2D eigenvalue weighted by Gasteiger charge is 2.18. The maximum absolute atomic E-state index is 10.7. The highest BCUT2D eigenvalue weighted by Crippen LogP contribution is 2.19. The monoisotopic (exact) mass is 239 g/mol. The summed E-state index contributed by atoms with van der Waals surface area (Å²) in [4.78, 5) is 10.7. The molecular weight excluding hydrogens is 218 g/mol. The van der Waals surface area contributed by atoms with Crippen LogP contribution in [0, 0.1) is 5.92 Å². The molecule has 2 N–H and O–H groups in total. The van der Waals surface area contributed by atoms with Crippen LogP contribution in [0.2, 0.25) is 0 Å². The van der Waals surface area contributed by atoms with Gasteiger partial charge in [0.2, 0.25) is 5.76 Å². The van der Waals surface area contributed by atoms with Crippen molar-refractivity contribution in [2.75, 3.05) is 0 Å². The molecule has 0 saturated heterocycles. The molecule has 1 heterocycles. The Morgan fingerprint density at radius 3 is 2.47 bits per heavy atom. The molecule has 2 atom stereocenters. The zero-order valence-electron chi connectivity index (χ0n) is 10.9. The molecule has 17 heavy (non-hydrogen) atoms. The van der Waals surface area contributed by atoms with Gasteiger partial charge in [-0.15, -0.1) is 0 Å². The van der Waals surface area contributed by atoms with E-state index in [1.807, 2.05) is 6.92 Å². The molecule has 0 spiro atoms. The number of carboxylic acids is 1. The van der Waals surface area contributed by atoms with Crippen LogP contribution in [0.3, 0.4) is 0 Å². The van der Waals surface area contributed by atoms with Crippen molar-refractivity contribution in [2.24, 2.45) is 5.92 Å². The van der Waals surface area contributed by atoms with Crippen LogP contribution >= 0.6 is 0 Å². The minimum absolute atomic E-state index is 0.00811. The van der Waals surface area contributed by atoms with Gasteiger partial charge in [0.15, 0.2) is 0 Å². The van der Waals surface area contributed by atoms with E-state index < -0.39 is 5.97 Å². The Morgan fingerprint density at radius 1 is 1.41 bits per heavy atom. The smallest absolute Gasteiger partial charge is 0.371 e. The molecule has 0 aliphatic carbocycles. The van der Waals surface area contributed by atoms with Gasteiger partial charge in [0.05, 0.1) is 6.04 Å². The van der Waals surface area contributed by atoms with Crippen molar-refractivity contribution < 1.29 is 14.3 Å². The molecule has 96 valence electrons. The van der Waals surface area contributed by atoms with E-state index in [0.717, 1.165) is 6.42 Å². The van der Waals surface area contributed by atoms with Crippen LogP contribution in [-0.4, -0.2) is 17.1 Å². The van der Waals surface area contributed by atoms with Gasteiger partial charge in [-0.1, -0.05) is 20.8 Å². The number of aromatic carboxylic acids is 1. The van der Waals surface area contributed by atoms with Crippen LogP contribution in [0.5, 0.6) is 0 Å². The van der Waals surface area contributed by atoms with Gasteiger partial charge in [-0.3, -0.25) is 0 Å². The summed E-state index contributed by atoms with van der Waals surface area (Å²) in [5, 5.41) is 12.2. The van der Waals surface area contributed by atoms with E-state index in [4.69, 9.17) is 9.52 Å². The lowest BCUT2D eigenvalue weighted by Gasteiger charge is -2.24. The van der Waals surface area contributed by atoms with E-state index in [9.17, 15) is 4.79 Å². The average Bonchev–Trinajstić information content (AvgIpc) is 2.74. The van der Waals surface area contributed by atoms with Crippen molar-refractivity contribution >= 4 is 5.97 Å². The van der Waals surface area contributed by atoms with Crippen LogP contribution in [0.1, 0.15) is 56.5 Å². The Hall–Kier alpha value is -1.29. The predicted molar refractivity (Wildman–Crippen MR) is 66.1 cm³/mol. The summed E-state index contributed by atoms with van der Waals surface area (Å²) < 4.78 is 5.27. The molecule has 0 amide bonds. The van der Waals surface area contributed by atoms with E-state index in [1.54, 1.807) is 6.07 Å². The second-order valence-corrected chi connectivity index (χ2v) is 4.65. The Morgan fingerprint density at radius 2 is 2.06 bits per heavy atom. The Kier molecular flexibility index (Phi) is 4.75. The number of carbonyl (C=O) groups is 1. The van der Waals surface area contributed by atoms with Gasteiger partial charge in [0.1, 0.15) is 5.76 Å². The lowest BCUT2D eigenvalue weighted by Crippen LogP contribution is -2.35.